The van der Waals surface area contributed by atoms with E-state index in [9.17, 15) is 15.3 Å². The Morgan fingerprint density at radius 3 is 2.29 bits per heavy atom. The number of Topliss-reactive ketones (excluding diaryl/α,β-unsaturated/α-hetero) is 1. The van der Waals surface area contributed by atoms with Crippen LogP contribution in [0.15, 0.2) is 59.1 Å². The zero-order valence-electron chi connectivity index (χ0n) is 14.5. The fraction of sp³-hybridized carbons (Fsp3) is 0.0476. The molecule has 136 valence electrons. The summed E-state index contributed by atoms with van der Waals surface area (Å²) in [7, 11) is 0. The third-order valence-corrected chi connectivity index (χ3v) is 6.56. The van der Waals surface area contributed by atoms with E-state index in [2.05, 4.69) is 33.1 Å². The Labute approximate surface area is 177 Å². The summed E-state index contributed by atoms with van der Waals surface area (Å²) in [6.07, 6.45) is 0. The number of benzene rings is 2. The van der Waals surface area contributed by atoms with Crippen LogP contribution in [0, 0.1) is 22.7 Å². The molecule has 0 saturated heterocycles. The molecule has 2 N–H and O–H groups in total. The molecular weight excluding hydrogens is 483 g/mol. The Morgan fingerprint density at radius 2 is 1.68 bits per heavy atom. The van der Waals surface area contributed by atoms with Gasteiger partial charge in [0.15, 0.2) is 0 Å². The Hall–Kier alpha value is -2.96. The number of nitrogens with two attached hydrogens (primary N) is 1. The van der Waals surface area contributed by atoms with Crippen LogP contribution in [-0.4, -0.2) is 25.7 Å². The van der Waals surface area contributed by atoms with Gasteiger partial charge in [0, 0.05) is 0 Å². The number of hydrogen-bond acceptors (Lipinski definition) is 5. The van der Waals surface area contributed by atoms with Crippen LogP contribution in [0.3, 0.4) is 0 Å². The molecule has 0 aliphatic heterocycles. The van der Waals surface area contributed by atoms with Crippen molar-refractivity contribution < 1.29 is 4.79 Å². The SMILES string of the molecule is N#Cc1c(N)nc([Se]CC(=O)c2ccccc2)c(C#N)c1-c1ccc(Br)cc1. The molecule has 0 atom stereocenters. The third-order valence-electron chi connectivity index (χ3n) is 3.98. The number of hydrogen-bond donors (Lipinski definition) is 1. The van der Waals surface area contributed by atoms with E-state index in [-0.39, 0.29) is 22.5 Å². The maximum absolute atomic E-state index is 12.4. The van der Waals surface area contributed by atoms with Crippen LogP contribution >= 0.6 is 15.9 Å². The number of rotatable bonds is 5. The van der Waals surface area contributed by atoms with Gasteiger partial charge in [-0.15, -0.1) is 0 Å². The van der Waals surface area contributed by atoms with E-state index in [1.807, 2.05) is 42.5 Å². The van der Waals surface area contributed by atoms with Gasteiger partial charge in [-0.2, -0.15) is 0 Å². The molecule has 28 heavy (non-hydrogen) atoms. The van der Waals surface area contributed by atoms with Crippen molar-refractivity contribution in [2.24, 2.45) is 0 Å². The number of ketones is 1. The number of nitrogens with zero attached hydrogens (tertiary/aromatic N) is 3. The maximum atomic E-state index is 12.4. The number of pyridine rings is 1. The molecule has 3 aromatic rings. The Bertz CT molecular complexity index is 1120. The van der Waals surface area contributed by atoms with E-state index in [1.54, 1.807) is 12.1 Å². The van der Waals surface area contributed by atoms with Crippen LogP contribution in [0.4, 0.5) is 5.82 Å². The molecule has 0 unspecified atom stereocenters. The minimum atomic E-state index is -0.399. The molecule has 0 aliphatic carbocycles. The second-order valence-corrected chi connectivity index (χ2v) is 8.67. The van der Waals surface area contributed by atoms with Crippen LogP contribution in [0.25, 0.3) is 11.1 Å². The second-order valence-electron chi connectivity index (χ2n) is 5.74. The second kappa shape index (κ2) is 8.82. The Morgan fingerprint density at radius 1 is 1.04 bits per heavy atom. The summed E-state index contributed by atoms with van der Waals surface area (Å²) in [6.45, 7) is 0. The fourth-order valence-corrected chi connectivity index (χ4v) is 4.78. The van der Waals surface area contributed by atoms with E-state index in [4.69, 9.17) is 5.73 Å². The number of aromatic nitrogens is 1. The van der Waals surface area contributed by atoms with E-state index < -0.39 is 15.0 Å². The monoisotopic (exact) mass is 496 g/mol. The third kappa shape index (κ3) is 4.13. The van der Waals surface area contributed by atoms with Crippen molar-refractivity contribution in [3.05, 3.63) is 75.8 Å². The molecule has 0 fully saturated rings. The van der Waals surface area contributed by atoms with Crippen molar-refractivity contribution in [2.75, 3.05) is 5.73 Å². The molecule has 1 aromatic heterocycles. The molecule has 2 aromatic carbocycles. The van der Waals surface area contributed by atoms with Gasteiger partial charge in [-0.05, 0) is 0 Å². The van der Waals surface area contributed by atoms with Gasteiger partial charge >= 0.3 is 177 Å². The number of halogens is 1. The van der Waals surface area contributed by atoms with Gasteiger partial charge in [0.2, 0.25) is 0 Å². The van der Waals surface area contributed by atoms with Crippen LogP contribution in [0.5, 0.6) is 0 Å². The summed E-state index contributed by atoms with van der Waals surface area (Å²) in [5, 5.41) is 19.6. The van der Waals surface area contributed by atoms with E-state index in [0.717, 1.165) is 4.47 Å². The van der Waals surface area contributed by atoms with E-state index >= 15 is 0 Å². The van der Waals surface area contributed by atoms with Crippen LogP contribution in [-0.2, 0) is 0 Å². The van der Waals surface area contributed by atoms with E-state index in [1.165, 1.54) is 0 Å². The van der Waals surface area contributed by atoms with Crippen molar-refractivity contribution in [3.63, 3.8) is 0 Å². The average Bonchev–Trinajstić information content (AvgIpc) is 2.72. The molecule has 3 rings (SSSR count). The Balaban J connectivity index is 2.03. The van der Waals surface area contributed by atoms with Crippen molar-refractivity contribution in [1.82, 2.24) is 4.98 Å². The first kappa shape index (κ1) is 19.8. The predicted octanol–water partition coefficient (Wildman–Crippen LogP) is 3.47. The molecule has 0 amide bonds. The van der Waals surface area contributed by atoms with Gasteiger partial charge in [-0.1, -0.05) is 0 Å². The average molecular weight is 496 g/mol. The van der Waals surface area contributed by atoms with Crippen LogP contribution in [0.1, 0.15) is 21.5 Å². The van der Waals surface area contributed by atoms with Crippen molar-refractivity contribution in [3.8, 4) is 23.3 Å². The summed E-state index contributed by atoms with van der Waals surface area (Å²) >= 11 is 2.98. The molecule has 1 heterocycles. The topological polar surface area (TPSA) is 104 Å². The number of nitriles is 2. The van der Waals surface area contributed by atoms with Gasteiger partial charge in [0.25, 0.3) is 0 Å². The number of anilines is 1. The quantitative estimate of drug-likeness (QED) is 0.431. The van der Waals surface area contributed by atoms with Gasteiger partial charge in [0.1, 0.15) is 0 Å². The predicted molar refractivity (Wildman–Crippen MR) is 112 cm³/mol. The van der Waals surface area contributed by atoms with Crippen molar-refractivity contribution >= 4 is 47.1 Å². The number of carbonyl (C=O) groups excluding carboxylic acids is 1. The zero-order chi connectivity index (χ0) is 20.1. The zero-order valence-corrected chi connectivity index (χ0v) is 17.8. The van der Waals surface area contributed by atoms with Crippen LogP contribution in [0.2, 0.25) is 5.32 Å². The van der Waals surface area contributed by atoms with Gasteiger partial charge < -0.3 is 0 Å². The number of carbonyl (C=O) groups is 1. The molecule has 7 heteroatoms. The van der Waals surface area contributed by atoms with Gasteiger partial charge in [-0.3, -0.25) is 0 Å². The summed E-state index contributed by atoms with van der Waals surface area (Å²) in [6, 6.07) is 20.5. The molecule has 0 bridgehead atoms. The van der Waals surface area contributed by atoms with E-state index in [0.29, 0.717) is 26.8 Å². The van der Waals surface area contributed by atoms with Crippen LogP contribution < -0.4 is 10.3 Å². The Kier molecular flexibility index (Phi) is 6.23. The molecule has 0 aliphatic rings. The molecule has 5 nitrogen and oxygen atoms in total. The number of nitrogen functional groups attached to an aromatic ring is 1. The summed E-state index contributed by atoms with van der Waals surface area (Å²) in [5.41, 5.74) is 8.28. The molecule has 0 radical (unpaired) electrons. The van der Waals surface area contributed by atoms with Crippen molar-refractivity contribution in [2.45, 2.75) is 5.32 Å². The van der Waals surface area contributed by atoms with Gasteiger partial charge in [0.05, 0.1) is 0 Å². The molecular formula is C21H13BrN4OSe. The molecule has 0 saturated carbocycles. The fourth-order valence-electron chi connectivity index (χ4n) is 2.65. The normalized spacial score (nSPS) is 10.1. The van der Waals surface area contributed by atoms with Crippen molar-refractivity contribution in [1.29, 1.82) is 10.5 Å². The van der Waals surface area contributed by atoms with Gasteiger partial charge in [-0.25, -0.2) is 0 Å². The standard InChI is InChI=1S/C21H13BrN4OSe/c22-15-8-6-14(7-9-15)19-16(10-23)20(25)26-21(17(19)11-24)28-12-18(27)13-4-2-1-3-5-13/h1-9H,12H2,(H2,25,26). The summed E-state index contributed by atoms with van der Waals surface area (Å²) in [4.78, 5) is 16.7. The summed E-state index contributed by atoms with van der Waals surface area (Å²) < 4.78 is 1.36. The first-order valence-corrected chi connectivity index (χ1v) is 11.0. The minimum absolute atomic E-state index is 0.0144. The first-order chi connectivity index (χ1) is 13.5. The first-order valence-electron chi connectivity index (χ1n) is 8.15. The summed E-state index contributed by atoms with van der Waals surface area (Å²) in [5.74, 6) is 0.0582. The molecule has 0 spiro atoms.